The van der Waals surface area contributed by atoms with E-state index in [9.17, 15) is 14.0 Å². The second-order valence-corrected chi connectivity index (χ2v) is 5.55. The summed E-state index contributed by atoms with van der Waals surface area (Å²) < 4.78 is 14.6. The zero-order valence-electron chi connectivity index (χ0n) is 11.5. The number of anilines is 2. The van der Waals surface area contributed by atoms with Crippen LogP contribution in [0.1, 0.15) is 17.3 Å². The largest absolute Gasteiger partial charge is 0.351 e. The van der Waals surface area contributed by atoms with E-state index in [-0.39, 0.29) is 11.3 Å². The van der Waals surface area contributed by atoms with Crippen LogP contribution >= 0.6 is 22.6 Å². The molecule has 3 N–H and O–H groups in total. The molecular weight excluding hydrogens is 402 g/mol. The molecule has 1 heterocycles. The third kappa shape index (κ3) is 4.13. The van der Waals surface area contributed by atoms with Gasteiger partial charge in [-0.2, -0.15) is 0 Å². The maximum absolute atomic E-state index is 13.9. The van der Waals surface area contributed by atoms with Gasteiger partial charge in [-0.1, -0.05) is 0 Å². The molecule has 22 heavy (non-hydrogen) atoms. The topological polar surface area (TPSA) is 83.1 Å². The highest BCUT2D eigenvalue weighted by Crippen LogP contribution is 2.23. The van der Waals surface area contributed by atoms with Crippen molar-refractivity contribution in [3.63, 3.8) is 0 Å². The standard InChI is InChI=1S/C14H12FIN4O2/c1-8(21)19-20-14(22)10-4-5-17-7-13(10)18-12-3-2-9(16)6-11(12)15/h2-7,18H,1H3,(H,19,21)(H,20,22). The highest BCUT2D eigenvalue weighted by Gasteiger charge is 2.13. The zero-order chi connectivity index (χ0) is 16.1. The Balaban J connectivity index is 2.24. The third-order valence-corrected chi connectivity index (χ3v) is 3.29. The van der Waals surface area contributed by atoms with Gasteiger partial charge in [0.05, 0.1) is 23.1 Å². The number of rotatable bonds is 3. The van der Waals surface area contributed by atoms with E-state index in [1.807, 2.05) is 22.6 Å². The van der Waals surface area contributed by atoms with Gasteiger partial charge in [-0.05, 0) is 46.9 Å². The summed E-state index contributed by atoms with van der Waals surface area (Å²) in [6.45, 7) is 1.27. The molecule has 0 unspecified atom stereocenters. The molecule has 0 spiro atoms. The summed E-state index contributed by atoms with van der Waals surface area (Å²) in [5.41, 5.74) is 5.21. The number of halogens is 2. The molecule has 0 aliphatic rings. The number of hydrazine groups is 1. The fourth-order valence-corrected chi connectivity index (χ4v) is 2.09. The molecule has 2 amide bonds. The molecule has 0 fully saturated rings. The summed E-state index contributed by atoms with van der Waals surface area (Å²) in [5.74, 6) is -1.38. The normalized spacial score (nSPS) is 9.95. The minimum absolute atomic E-state index is 0.224. The number of nitrogens with one attached hydrogen (secondary N) is 3. The van der Waals surface area contributed by atoms with Crippen LogP contribution in [0, 0.1) is 9.39 Å². The van der Waals surface area contributed by atoms with Crippen molar-refractivity contribution in [2.24, 2.45) is 0 Å². The second-order valence-electron chi connectivity index (χ2n) is 4.31. The van der Waals surface area contributed by atoms with Gasteiger partial charge in [-0.15, -0.1) is 0 Å². The molecule has 2 aromatic rings. The van der Waals surface area contributed by atoms with Crippen molar-refractivity contribution in [3.8, 4) is 0 Å². The van der Waals surface area contributed by atoms with Gasteiger partial charge in [0.1, 0.15) is 5.82 Å². The van der Waals surface area contributed by atoms with Crippen molar-refractivity contribution in [1.82, 2.24) is 15.8 Å². The van der Waals surface area contributed by atoms with Crippen LogP contribution in [0.4, 0.5) is 15.8 Å². The Bertz CT molecular complexity index is 724. The lowest BCUT2D eigenvalue weighted by atomic mass is 10.2. The van der Waals surface area contributed by atoms with E-state index in [2.05, 4.69) is 21.2 Å². The van der Waals surface area contributed by atoms with Crippen LogP contribution in [0.15, 0.2) is 36.7 Å². The fraction of sp³-hybridized carbons (Fsp3) is 0.0714. The molecule has 2 rings (SSSR count). The SMILES string of the molecule is CC(=O)NNC(=O)c1ccncc1Nc1ccc(I)cc1F. The fourth-order valence-electron chi connectivity index (χ4n) is 1.64. The molecule has 0 atom stereocenters. The van der Waals surface area contributed by atoms with Gasteiger partial charge in [-0.3, -0.25) is 25.4 Å². The number of carbonyl (C=O) groups excluding carboxylic acids is 2. The van der Waals surface area contributed by atoms with E-state index < -0.39 is 17.6 Å². The Morgan fingerprint density at radius 2 is 1.95 bits per heavy atom. The van der Waals surface area contributed by atoms with Crippen LogP contribution in [0.2, 0.25) is 0 Å². The first-order chi connectivity index (χ1) is 10.5. The Hall–Kier alpha value is -2.23. The summed E-state index contributed by atoms with van der Waals surface area (Å²) in [6, 6.07) is 6.14. The number of benzene rings is 1. The second kappa shape index (κ2) is 7.16. The van der Waals surface area contributed by atoms with E-state index in [4.69, 9.17) is 0 Å². The van der Waals surface area contributed by atoms with Crippen molar-refractivity contribution in [2.45, 2.75) is 6.92 Å². The number of hydrogen-bond acceptors (Lipinski definition) is 4. The van der Waals surface area contributed by atoms with Crippen LogP contribution in [0.5, 0.6) is 0 Å². The van der Waals surface area contributed by atoms with E-state index in [1.165, 1.54) is 31.5 Å². The van der Waals surface area contributed by atoms with Crippen molar-refractivity contribution < 1.29 is 14.0 Å². The Morgan fingerprint density at radius 3 is 2.64 bits per heavy atom. The van der Waals surface area contributed by atoms with Crippen LogP contribution in [-0.4, -0.2) is 16.8 Å². The lowest BCUT2D eigenvalue weighted by molar-refractivity contribution is -0.119. The van der Waals surface area contributed by atoms with Gasteiger partial charge in [0, 0.05) is 16.7 Å². The summed E-state index contributed by atoms with van der Waals surface area (Å²) in [5, 5.41) is 2.82. The monoisotopic (exact) mass is 414 g/mol. The molecule has 0 saturated carbocycles. The average molecular weight is 414 g/mol. The zero-order valence-corrected chi connectivity index (χ0v) is 13.6. The number of nitrogens with zero attached hydrogens (tertiary/aromatic N) is 1. The van der Waals surface area contributed by atoms with Gasteiger partial charge in [0.15, 0.2) is 0 Å². The van der Waals surface area contributed by atoms with E-state index in [1.54, 1.807) is 12.1 Å². The van der Waals surface area contributed by atoms with Gasteiger partial charge < -0.3 is 5.32 Å². The molecule has 6 nitrogen and oxygen atoms in total. The molecule has 1 aromatic heterocycles. The molecule has 0 bridgehead atoms. The highest BCUT2D eigenvalue weighted by atomic mass is 127. The quantitative estimate of drug-likeness (QED) is 0.532. The summed E-state index contributed by atoms with van der Waals surface area (Å²) in [7, 11) is 0. The molecule has 114 valence electrons. The van der Waals surface area contributed by atoms with E-state index >= 15 is 0 Å². The molecule has 0 aliphatic carbocycles. The van der Waals surface area contributed by atoms with Crippen molar-refractivity contribution in [1.29, 1.82) is 0 Å². The van der Waals surface area contributed by atoms with Crippen LogP contribution in [0.25, 0.3) is 0 Å². The van der Waals surface area contributed by atoms with Gasteiger partial charge >= 0.3 is 0 Å². The molecule has 0 saturated heterocycles. The number of hydrogen-bond donors (Lipinski definition) is 3. The predicted octanol–water partition coefficient (Wildman–Crippen LogP) is 2.35. The number of pyridine rings is 1. The van der Waals surface area contributed by atoms with Crippen LogP contribution in [-0.2, 0) is 4.79 Å². The maximum atomic E-state index is 13.9. The highest BCUT2D eigenvalue weighted by molar-refractivity contribution is 14.1. The molecule has 8 heteroatoms. The average Bonchev–Trinajstić information content (AvgIpc) is 2.48. The van der Waals surface area contributed by atoms with Crippen LogP contribution < -0.4 is 16.2 Å². The Labute approximate surface area is 139 Å². The van der Waals surface area contributed by atoms with Gasteiger partial charge in [-0.25, -0.2) is 4.39 Å². The van der Waals surface area contributed by atoms with Gasteiger partial charge in [0.25, 0.3) is 5.91 Å². The summed E-state index contributed by atoms with van der Waals surface area (Å²) in [6.07, 6.45) is 2.83. The van der Waals surface area contributed by atoms with Crippen LogP contribution in [0.3, 0.4) is 0 Å². The number of carbonyl (C=O) groups is 2. The van der Waals surface area contributed by atoms with Crippen molar-refractivity contribution in [2.75, 3.05) is 5.32 Å². The first-order valence-corrected chi connectivity index (χ1v) is 7.28. The number of aromatic nitrogens is 1. The van der Waals surface area contributed by atoms with Crippen molar-refractivity contribution in [3.05, 3.63) is 51.6 Å². The number of amides is 2. The third-order valence-electron chi connectivity index (χ3n) is 2.62. The lowest BCUT2D eigenvalue weighted by Crippen LogP contribution is -2.40. The molecule has 0 aliphatic heterocycles. The Kier molecular flexibility index (Phi) is 5.26. The van der Waals surface area contributed by atoms with Crippen molar-refractivity contribution >= 4 is 45.8 Å². The summed E-state index contributed by atoms with van der Waals surface area (Å²) in [4.78, 5) is 26.8. The summed E-state index contributed by atoms with van der Waals surface area (Å²) >= 11 is 2.00. The molecule has 0 radical (unpaired) electrons. The van der Waals surface area contributed by atoms with Gasteiger partial charge in [0.2, 0.25) is 5.91 Å². The lowest BCUT2D eigenvalue weighted by Gasteiger charge is -2.12. The first-order valence-electron chi connectivity index (χ1n) is 6.20. The Morgan fingerprint density at radius 1 is 1.18 bits per heavy atom. The maximum Gasteiger partial charge on any atom is 0.271 e. The van der Waals surface area contributed by atoms with E-state index in [0.717, 1.165) is 3.57 Å². The molecular formula is C14H12FIN4O2. The molecule has 1 aromatic carbocycles. The minimum Gasteiger partial charge on any atom is -0.351 e. The minimum atomic E-state index is -0.536. The van der Waals surface area contributed by atoms with E-state index in [0.29, 0.717) is 5.69 Å². The smallest absolute Gasteiger partial charge is 0.271 e. The first kappa shape index (κ1) is 16.1. The predicted molar refractivity (Wildman–Crippen MR) is 87.9 cm³/mol.